The monoisotopic (exact) mass is 226 g/mol. The van der Waals surface area contributed by atoms with Gasteiger partial charge < -0.3 is 11.1 Å². The van der Waals surface area contributed by atoms with Gasteiger partial charge in [-0.25, -0.2) is 0 Å². The van der Waals surface area contributed by atoms with Crippen molar-refractivity contribution in [2.45, 2.75) is 65.0 Å². The number of hydrogen-bond donors (Lipinski definition) is 2. The summed E-state index contributed by atoms with van der Waals surface area (Å²) in [5, 5.41) is 3.45. The molecule has 0 heterocycles. The molecule has 0 radical (unpaired) electrons. The van der Waals surface area contributed by atoms with Crippen molar-refractivity contribution in [1.29, 1.82) is 0 Å². The maximum Gasteiger partial charge on any atom is 0.237 e. The molecule has 2 unspecified atom stereocenters. The van der Waals surface area contributed by atoms with E-state index in [2.05, 4.69) is 19.2 Å². The van der Waals surface area contributed by atoms with Gasteiger partial charge in [0.15, 0.2) is 0 Å². The van der Waals surface area contributed by atoms with Crippen LogP contribution in [0.15, 0.2) is 0 Å². The molecule has 94 valence electrons. The fourth-order valence-corrected chi connectivity index (χ4v) is 2.67. The van der Waals surface area contributed by atoms with Crippen molar-refractivity contribution in [2.24, 2.45) is 17.6 Å². The van der Waals surface area contributed by atoms with Gasteiger partial charge in [-0.2, -0.15) is 0 Å². The van der Waals surface area contributed by atoms with Gasteiger partial charge in [-0.05, 0) is 38.5 Å². The Bertz CT molecular complexity index is 248. The highest BCUT2D eigenvalue weighted by Gasteiger charge is 2.34. The minimum absolute atomic E-state index is 0.263. The van der Waals surface area contributed by atoms with E-state index in [-0.39, 0.29) is 5.91 Å². The standard InChI is InChI=1S/C13H26N2O/c1-9(2)10-7-5-6-8-11(10)15-13(3,4)12(14)16/h9-11,15H,5-8H2,1-4H3,(H2,14,16). The highest BCUT2D eigenvalue weighted by atomic mass is 16.1. The molecule has 2 atom stereocenters. The molecule has 0 aromatic heterocycles. The second-order valence-electron chi connectivity index (χ2n) is 5.93. The van der Waals surface area contributed by atoms with Crippen molar-refractivity contribution in [3.63, 3.8) is 0 Å². The van der Waals surface area contributed by atoms with Gasteiger partial charge in [0.05, 0.1) is 5.54 Å². The van der Waals surface area contributed by atoms with Crippen LogP contribution < -0.4 is 11.1 Å². The number of primary amides is 1. The van der Waals surface area contributed by atoms with Crippen LogP contribution in [0.25, 0.3) is 0 Å². The first-order valence-corrected chi connectivity index (χ1v) is 6.42. The minimum Gasteiger partial charge on any atom is -0.368 e. The normalized spacial score (nSPS) is 27.1. The maximum atomic E-state index is 11.3. The van der Waals surface area contributed by atoms with E-state index < -0.39 is 5.54 Å². The lowest BCUT2D eigenvalue weighted by Gasteiger charge is -2.39. The smallest absolute Gasteiger partial charge is 0.237 e. The van der Waals surface area contributed by atoms with E-state index in [4.69, 9.17) is 5.73 Å². The van der Waals surface area contributed by atoms with E-state index in [0.29, 0.717) is 17.9 Å². The summed E-state index contributed by atoms with van der Waals surface area (Å²) in [6, 6.07) is 0.441. The quantitative estimate of drug-likeness (QED) is 0.771. The van der Waals surface area contributed by atoms with E-state index >= 15 is 0 Å². The number of nitrogens with one attached hydrogen (secondary N) is 1. The highest BCUT2D eigenvalue weighted by molar-refractivity contribution is 5.83. The van der Waals surface area contributed by atoms with Gasteiger partial charge in [0.2, 0.25) is 5.91 Å². The maximum absolute atomic E-state index is 11.3. The van der Waals surface area contributed by atoms with E-state index in [1.54, 1.807) is 0 Å². The Morgan fingerprint density at radius 3 is 2.38 bits per heavy atom. The lowest BCUT2D eigenvalue weighted by Crippen LogP contribution is -2.57. The molecule has 0 aromatic carbocycles. The number of carbonyl (C=O) groups excluding carboxylic acids is 1. The molecule has 3 N–H and O–H groups in total. The molecule has 1 rings (SSSR count). The molecule has 1 aliphatic carbocycles. The first-order chi connectivity index (χ1) is 7.34. The fourth-order valence-electron chi connectivity index (χ4n) is 2.67. The summed E-state index contributed by atoms with van der Waals surface area (Å²) in [7, 11) is 0. The van der Waals surface area contributed by atoms with Crippen LogP contribution in [0.1, 0.15) is 53.4 Å². The SMILES string of the molecule is CC(C)C1CCCCC1NC(C)(C)C(N)=O. The van der Waals surface area contributed by atoms with Crippen LogP contribution in [0, 0.1) is 11.8 Å². The van der Waals surface area contributed by atoms with Crippen molar-refractivity contribution < 1.29 is 4.79 Å². The molecule has 0 saturated heterocycles. The number of nitrogens with two attached hydrogens (primary N) is 1. The fraction of sp³-hybridized carbons (Fsp3) is 0.923. The summed E-state index contributed by atoms with van der Waals surface area (Å²) >= 11 is 0. The molecule has 0 aromatic rings. The second kappa shape index (κ2) is 5.17. The van der Waals surface area contributed by atoms with Gasteiger partial charge in [0, 0.05) is 6.04 Å². The van der Waals surface area contributed by atoms with Gasteiger partial charge >= 0.3 is 0 Å². The molecule has 1 fully saturated rings. The predicted octanol–water partition coefficient (Wildman–Crippen LogP) is 2.05. The van der Waals surface area contributed by atoms with Crippen molar-refractivity contribution in [1.82, 2.24) is 5.32 Å². The number of amides is 1. The molecular weight excluding hydrogens is 200 g/mol. The molecular formula is C13H26N2O. The molecule has 0 bridgehead atoms. The van der Waals surface area contributed by atoms with Crippen molar-refractivity contribution >= 4 is 5.91 Å². The Morgan fingerprint density at radius 1 is 1.31 bits per heavy atom. The Balaban J connectivity index is 2.66. The predicted molar refractivity (Wildman–Crippen MR) is 67.0 cm³/mol. The van der Waals surface area contributed by atoms with Crippen LogP contribution in [0.4, 0.5) is 0 Å². The van der Waals surface area contributed by atoms with E-state index in [0.717, 1.165) is 0 Å². The first-order valence-electron chi connectivity index (χ1n) is 6.42. The van der Waals surface area contributed by atoms with Crippen molar-refractivity contribution in [2.75, 3.05) is 0 Å². The zero-order chi connectivity index (χ0) is 12.3. The van der Waals surface area contributed by atoms with Gasteiger partial charge in [-0.3, -0.25) is 4.79 Å². The van der Waals surface area contributed by atoms with Crippen LogP contribution >= 0.6 is 0 Å². The number of rotatable bonds is 4. The topological polar surface area (TPSA) is 55.1 Å². The van der Waals surface area contributed by atoms with E-state index in [9.17, 15) is 4.79 Å². The molecule has 1 aliphatic rings. The molecule has 1 amide bonds. The lowest BCUT2D eigenvalue weighted by atomic mass is 9.77. The second-order valence-corrected chi connectivity index (χ2v) is 5.93. The molecule has 0 spiro atoms. The highest BCUT2D eigenvalue weighted by Crippen LogP contribution is 2.31. The van der Waals surface area contributed by atoms with Crippen LogP contribution in [0.5, 0.6) is 0 Å². The molecule has 0 aliphatic heterocycles. The number of carbonyl (C=O) groups is 1. The van der Waals surface area contributed by atoms with Gasteiger partial charge in [0.1, 0.15) is 0 Å². The Morgan fingerprint density at radius 2 is 1.88 bits per heavy atom. The zero-order valence-corrected chi connectivity index (χ0v) is 11.0. The van der Waals surface area contributed by atoms with Gasteiger partial charge in [-0.15, -0.1) is 0 Å². The largest absolute Gasteiger partial charge is 0.368 e. The first kappa shape index (κ1) is 13.5. The van der Waals surface area contributed by atoms with Crippen LogP contribution in [-0.2, 0) is 4.79 Å². The average Bonchev–Trinajstić information content (AvgIpc) is 2.17. The minimum atomic E-state index is -0.588. The van der Waals surface area contributed by atoms with E-state index in [1.807, 2.05) is 13.8 Å². The molecule has 3 heteroatoms. The number of hydrogen-bond acceptors (Lipinski definition) is 2. The average molecular weight is 226 g/mol. The summed E-state index contributed by atoms with van der Waals surface area (Å²) in [6.07, 6.45) is 5.01. The van der Waals surface area contributed by atoms with Crippen LogP contribution in [0.2, 0.25) is 0 Å². The van der Waals surface area contributed by atoms with Gasteiger partial charge in [0.25, 0.3) is 0 Å². The third-order valence-electron chi connectivity index (χ3n) is 3.84. The molecule has 1 saturated carbocycles. The summed E-state index contributed by atoms with van der Waals surface area (Å²) in [5.74, 6) is 1.08. The Labute approximate surface area is 99.2 Å². The van der Waals surface area contributed by atoms with Crippen molar-refractivity contribution in [3.8, 4) is 0 Å². The van der Waals surface area contributed by atoms with E-state index in [1.165, 1.54) is 25.7 Å². The Hall–Kier alpha value is -0.570. The summed E-state index contributed by atoms with van der Waals surface area (Å²) in [4.78, 5) is 11.3. The van der Waals surface area contributed by atoms with Gasteiger partial charge in [-0.1, -0.05) is 26.7 Å². The molecule has 3 nitrogen and oxygen atoms in total. The third kappa shape index (κ3) is 3.21. The van der Waals surface area contributed by atoms with Crippen LogP contribution in [-0.4, -0.2) is 17.5 Å². The third-order valence-corrected chi connectivity index (χ3v) is 3.84. The summed E-state index contributed by atoms with van der Waals surface area (Å²) in [5.41, 5.74) is 4.82. The zero-order valence-electron chi connectivity index (χ0n) is 11.0. The summed E-state index contributed by atoms with van der Waals surface area (Å²) in [6.45, 7) is 8.28. The van der Waals surface area contributed by atoms with Crippen molar-refractivity contribution in [3.05, 3.63) is 0 Å². The molecule has 16 heavy (non-hydrogen) atoms. The lowest BCUT2D eigenvalue weighted by molar-refractivity contribution is -0.123. The Kier molecular flexibility index (Phi) is 4.36. The van der Waals surface area contributed by atoms with Crippen LogP contribution in [0.3, 0.4) is 0 Å². The summed E-state index contributed by atoms with van der Waals surface area (Å²) < 4.78 is 0.